The Labute approximate surface area is 106 Å². The van der Waals surface area contributed by atoms with Crippen LogP contribution in [0, 0.1) is 22.5 Å². The molecule has 1 amide bonds. The Hall–Kier alpha value is -2.35. The molecule has 0 spiro atoms. The van der Waals surface area contributed by atoms with E-state index in [1.165, 1.54) is 18.2 Å². The van der Waals surface area contributed by atoms with Gasteiger partial charge in [0.1, 0.15) is 5.56 Å². The van der Waals surface area contributed by atoms with E-state index in [1.807, 2.05) is 13.8 Å². The maximum absolute atomic E-state index is 12.0. The average Bonchev–Trinajstić information content (AvgIpc) is 2.39. The van der Waals surface area contributed by atoms with E-state index in [0.717, 1.165) is 0 Å². The molecule has 0 fully saturated rings. The number of carbonyl (C=O) groups excluding carboxylic acids is 1. The molecule has 0 saturated heterocycles. The molecule has 0 radical (unpaired) electrons. The normalized spacial score (nSPS) is 9.61. The number of benzene rings is 1. The second-order valence-corrected chi connectivity index (χ2v) is 3.61. The summed E-state index contributed by atoms with van der Waals surface area (Å²) >= 11 is 0. The quantitative estimate of drug-likeness (QED) is 0.464. The first kappa shape index (κ1) is 13.7. The zero-order valence-electron chi connectivity index (χ0n) is 10.3. The van der Waals surface area contributed by atoms with Gasteiger partial charge in [-0.25, -0.2) is 0 Å². The molecule has 18 heavy (non-hydrogen) atoms. The number of nitrogens with zero attached hydrogens (tertiary/aromatic N) is 2. The number of hydrogen-bond acceptors (Lipinski definition) is 3. The topological polar surface area (TPSA) is 63.5 Å². The molecule has 1 aromatic carbocycles. The summed E-state index contributed by atoms with van der Waals surface area (Å²) in [4.78, 5) is 23.9. The van der Waals surface area contributed by atoms with Crippen molar-refractivity contribution >= 4 is 11.6 Å². The van der Waals surface area contributed by atoms with Gasteiger partial charge in [-0.3, -0.25) is 14.9 Å². The van der Waals surface area contributed by atoms with E-state index in [9.17, 15) is 14.9 Å². The van der Waals surface area contributed by atoms with Crippen molar-refractivity contribution in [2.24, 2.45) is 0 Å². The van der Waals surface area contributed by atoms with Crippen LogP contribution in [0.2, 0.25) is 0 Å². The van der Waals surface area contributed by atoms with E-state index in [1.54, 1.807) is 4.90 Å². The van der Waals surface area contributed by atoms with Gasteiger partial charge in [0.25, 0.3) is 11.6 Å². The van der Waals surface area contributed by atoms with Crippen molar-refractivity contribution in [1.29, 1.82) is 0 Å². The summed E-state index contributed by atoms with van der Waals surface area (Å²) < 4.78 is 0. The van der Waals surface area contributed by atoms with Gasteiger partial charge in [0, 0.05) is 24.7 Å². The molecule has 0 saturated carbocycles. The summed E-state index contributed by atoms with van der Waals surface area (Å²) in [5.74, 6) is 2.00. The number of hydrogen-bond donors (Lipinski definition) is 0. The maximum atomic E-state index is 12.0. The lowest BCUT2D eigenvalue weighted by atomic mass is 10.1. The Morgan fingerprint density at radius 2 is 2.06 bits per heavy atom. The van der Waals surface area contributed by atoms with Gasteiger partial charge in [0.2, 0.25) is 0 Å². The van der Waals surface area contributed by atoms with Crippen molar-refractivity contribution in [2.75, 3.05) is 13.1 Å². The molecule has 0 bridgehead atoms. The second-order valence-electron chi connectivity index (χ2n) is 3.61. The molecular weight excluding hydrogens is 232 g/mol. The van der Waals surface area contributed by atoms with Crippen LogP contribution >= 0.6 is 0 Å². The summed E-state index contributed by atoms with van der Waals surface area (Å²) in [5.41, 5.74) is 0.246. The van der Waals surface area contributed by atoms with Crippen LogP contribution in [0.4, 0.5) is 5.69 Å². The number of terminal acetylenes is 1. The van der Waals surface area contributed by atoms with E-state index in [-0.39, 0.29) is 22.7 Å². The molecule has 0 heterocycles. The summed E-state index contributed by atoms with van der Waals surface area (Å²) in [6, 6.07) is 4.17. The van der Waals surface area contributed by atoms with Crippen molar-refractivity contribution in [1.82, 2.24) is 4.90 Å². The molecular formula is C13H14N2O3. The smallest absolute Gasteiger partial charge is 0.285 e. The third-order valence-corrected chi connectivity index (χ3v) is 2.65. The van der Waals surface area contributed by atoms with Gasteiger partial charge >= 0.3 is 0 Å². The molecule has 0 unspecified atom stereocenters. The second kappa shape index (κ2) is 5.82. The fourth-order valence-corrected chi connectivity index (χ4v) is 1.63. The highest BCUT2D eigenvalue weighted by atomic mass is 16.6. The molecule has 0 aliphatic carbocycles. The predicted octanol–water partition coefficient (Wildman–Crippen LogP) is 2.06. The van der Waals surface area contributed by atoms with Crippen LogP contribution in [-0.4, -0.2) is 28.8 Å². The number of carbonyl (C=O) groups is 1. The zero-order valence-corrected chi connectivity index (χ0v) is 10.3. The molecule has 0 aliphatic heterocycles. The van der Waals surface area contributed by atoms with Crippen LogP contribution in [0.25, 0.3) is 0 Å². The third-order valence-electron chi connectivity index (χ3n) is 2.65. The maximum Gasteiger partial charge on any atom is 0.285 e. The van der Waals surface area contributed by atoms with Crippen LogP contribution in [0.3, 0.4) is 0 Å². The molecule has 0 N–H and O–H groups in total. The molecule has 0 aromatic heterocycles. The first-order chi connectivity index (χ1) is 8.54. The molecule has 94 valence electrons. The summed E-state index contributed by atoms with van der Waals surface area (Å²) in [5, 5.41) is 10.8. The number of nitro benzene ring substituents is 1. The van der Waals surface area contributed by atoms with Gasteiger partial charge in [-0.2, -0.15) is 0 Å². The van der Waals surface area contributed by atoms with Crippen molar-refractivity contribution in [3.8, 4) is 12.3 Å². The van der Waals surface area contributed by atoms with E-state index in [4.69, 9.17) is 6.42 Å². The van der Waals surface area contributed by atoms with Gasteiger partial charge in [-0.05, 0) is 26.0 Å². The van der Waals surface area contributed by atoms with Gasteiger partial charge in [0.05, 0.1) is 4.92 Å². The Morgan fingerprint density at radius 1 is 1.44 bits per heavy atom. The van der Waals surface area contributed by atoms with Gasteiger partial charge in [0.15, 0.2) is 0 Å². The van der Waals surface area contributed by atoms with Crippen LogP contribution < -0.4 is 0 Å². The highest BCUT2D eigenvalue weighted by Gasteiger charge is 2.18. The van der Waals surface area contributed by atoms with Crippen LogP contribution in [0.15, 0.2) is 18.2 Å². The SMILES string of the molecule is C#Cc1ccc(C(=O)N(CC)CC)cc1[N+](=O)[O-]. The fourth-order valence-electron chi connectivity index (χ4n) is 1.63. The lowest BCUT2D eigenvalue weighted by Crippen LogP contribution is -2.30. The lowest BCUT2D eigenvalue weighted by Gasteiger charge is -2.18. The average molecular weight is 246 g/mol. The minimum absolute atomic E-state index is 0.177. The van der Waals surface area contributed by atoms with Gasteiger partial charge in [-0.15, -0.1) is 6.42 Å². The summed E-state index contributed by atoms with van der Waals surface area (Å²) in [7, 11) is 0. The minimum atomic E-state index is -0.575. The Bertz CT molecular complexity index is 513. The lowest BCUT2D eigenvalue weighted by molar-refractivity contribution is -0.385. The standard InChI is InChI=1S/C13H14N2O3/c1-4-10-7-8-11(9-12(10)15(17)18)13(16)14(5-2)6-3/h1,7-9H,5-6H2,2-3H3. The monoisotopic (exact) mass is 246 g/mol. The minimum Gasteiger partial charge on any atom is -0.339 e. The zero-order chi connectivity index (χ0) is 13.7. The van der Waals surface area contributed by atoms with Crippen molar-refractivity contribution in [3.05, 3.63) is 39.4 Å². The molecule has 5 heteroatoms. The van der Waals surface area contributed by atoms with E-state index in [0.29, 0.717) is 13.1 Å². The molecule has 1 rings (SSSR count). The summed E-state index contributed by atoms with van der Waals surface area (Å²) in [6.07, 6.45) is 5.18. The number of amides is 1. The van der Waals surface area contributed by atoms with Crippen molar-refractivity contribution in [2.45, 2.75) is 13.8 Å². The van der Waals surface area contributed by atoms with Crippen LogP contribution in [0.5, 0.6) is 0 Å². The predicted molar refractivity (Wildman–Crippen MR) is 68.3 cm³/mol. The van der Waals surface area contributed by atoms with Gasteiger partial charge in [-0.1, -0.05) is 5.92 Å². The first-order valence-electron chi connectivity index (χ1n) is 5.59. The Kier molecular flexibility index (Phi) is 4.44. The van der Waals surface area contributed by atoms with E-state index < -0.39 is 4.92 Å². The fraction of sp³-hybridized carbons (Fsp3) is 0.308. The van der Waals surface area contributed by atoms with E-state index in [2.05, 4.69) is 5.92 Å². The largest absolute Gasteiger partial charge is 0.339 e. The van der Waals surface area contributed by atoms with Crippen molar-refractivity contribution < 1.29 is 9.72 Å². The number of rotatable bonds is 4. The molecule has 5 nitrogen and oxygen atoms in total. The van der Waals surface area contributed by atoms with Crippen LogP contribution in [-0.2, 0) is 0 Å². The first-order valence-corrected chi connectivity index (χ1v) is 5.59. The Morgan fingerprint density at radius 3 is 2.50 bits per heavy atom. The molecule has 1 aromatic rings. The highest BCUT2D eigenvalue weighted by Crippen LogP contribution is 2.20. The van der Waals surface area contributed by atoms with Crippen LogP contribution in [0.1, 0.15) is 29.8 Å². The van der Waals surface area contributed by atoms with E-state index >= 15 is 0 Å². The third kappa shape index (κ3) is 2.66. The summed E-state index contributed by atoms with van der Waals surface area (Å²) in [6.45, 7) is 4.82. The van der Waals surface area contributed by atoms with Crippen molar-refractivity contribution in [3.63, 3.8) is 0 Å². The molecule has 0 aliphatic rings. The molecule has 0 atom stereocenters. The number of nitro groups is 1. The van der Waals surface area contributed by atoms with Gasteiger partial charge < -0.3 is 4.90 Å². The Balaban J connectivity index is 3.21. The highest BCUT2D eigenvalue weighted by molar-refractivity contribution is 5.95.